The number of benzene rings is 1. The molecule has 0 bridgehead atoms. The highest BCUT2D eigenvalue weighted by Crippen LogP contribution is 2.34. The van der Waals surface area contributed by atoms with Gasteiger partial charge in [0.15, 0.2) is 0 Å². The van der Waals surface area contributed by atoms with Crippen LogP contribution in [0, 0.1) is 0 Å². The summed E-state index contributed by atoms with van der Waals surface area (Å²) in [7, 11) is 0. The van der Waals surface area contributed by atoms with E-state index in [1.54, 1.807) is 6.07 Å². The Morgan fingerprint density at radius 2 is 1.95 bits per heavy atom. The van der Waals surface area contributed by atoms with E-state index < -0.39 is 11.7 Å². The van der Waals surface area contributed by atoms with Crippen molar-refractivity contribution in [1.82, 2.24) is 0 Å². The quantitative estimate of drug-likeness (QED) is 0.720. The Morgan fingerprint density at radius 3 is 2.53 bits per heavy atom. The molecule has 2 rings (SSSR count). The Hall–Kier alpha value is -0.720. The van der Waals surface area contributed by atoms with Gasteiger partial charge in [-0.3, -0.25) is 0 Å². The molecule has 0 unspecified atom stereocenters. The third-order valence-electron chi connectivity index (χ3n) is 2.38. The molecule has 0 saturated heterocycles. The summed E-state index contributed by atoms with van der Waals surface area (Å²) >= 11 is 10.4. The van der Waals surface area contributed by atoms with Gasteiger partial charge >= 0.3 is 6.18 Å². The molecule has 0 atom stereocenters. The Morgan fingerprint density at radius 1 is 1.21 bits per heavy atom. The lowest BCUT2D eigenvalue weighted by atomic mass is 10.2. The zero-order valence-corrected chi connectivity index (χ0v) is 12.6. The van der Waals surface area contributed by atoms with E-state index in [-0.39, 0.29) is 0 Å². The number of halogens is 5. The maximum absolute atomic E-state index is 12.6. The van der Waals surface area contributed by atoms with Crippen molar-refractivity contribution in [1.29, 1.82) is 0 Å². The van der Waals surface area contributed by atoms with Gasteiger partial charge in [0, 0.05) is 21.6 Å². The highest BCUT2D eigenvalue weighted by molar-refractivity contribution is 9.10. The molecule has 1 nitrogen and oxygen atoms in total. The fourth-order valence-electron chi connectivity index (χ4n) is 1.47. The molecule has 1 aromatic heterocycles. The maximum Gasteiger partial charge on any atom is 0.416 e. The lowest BCUT2D eigenvalue weighted by Crippen LogP contribution is -2.06. The van der Waals surface area contributed by atoms with Gasteiger partial charge in [0.2, 0.25) is 0 Å². The van der Waals surface area contributed by atoms with Gasteiger partial charge in [-0.1, -0.05) is 11.6 Å². The van der Waals surface area contributed by atoms with Crippen molar-refractivity contribution in [2.24, 2.45) is 0 Å². The average Bonchev–Trinajstić information content (AvgIpc) is 2.72. The third kappa shape index (κ3) is 3.87. The predicted molar refractivity (Wildman–Crippen MR) is 75.8 cm³/mol. The first-order valence-electron chi connectivity index (χ1n) is 5.21. The van der Waals surface area contributed by atoms with Gasteiger partial charge in [0.1, 0.15) is 0 Å². The molecular weight excluding hydrogens is 363 g/mol. The minimum absolute atomic E-state index is 0.402. The van der Waals surface area contributed by atoms with Crippen LogP contribution >= 0.6 is 38.9 Å². The Labute approximate surface area is 125 Å². The van der Waals surface area contributed by atoms with Gasteiger partial charge in [-0.15, -0.1) is 11.3 Å². The van der Waals surface area contributed by atoms with E-state index in [2.05, 4.69) is 21.2 Å². The monoisotopic (exact) mass is 369 g/mol. The molecule has 7 heteroatoms. The number of hydrogen-bond acceptors (Lipinski definition) is 2. The second-order valence-corrected chi connectivity index (χ2v) is 6.41. The summed E-state index contributed by atoms with van der Waals surface area (Å²) in [5.74, 6) is 0. The van der Waals surface area contributed by atoms with Crippen molar-refractivity contribution in [3.05, 3.63) is 49.6 Å². The maximum atomic E-state index is 12.6. The Kier molecular flexibility index (Phi) is 4.43. The van der Waals surface area contributed by atoms with Crippen LogP contribution in [0.15, 0.2) is 34.8 Å². The molecule has 0 saturated carbocycles. The smallest absolute Gasteiger partial charge is 0.379 e. The molecule has 0 aliphatic heterocycles. The zero-order valence-electron chi connectivity index (χ0n) is 9.39. The summed E-state index contributed by atoms with van der Waals surface area (Å²) in [6.45, 7) is 0.428. The molecule has 0 aliphatic rings. The van der Waals surface area contributed by atoms with Gasteiger partial charge in [-0.05, 0) is 46.3 Å². The summed E-state index contributed by atoms with van der Waals surface area (Å²) in [5.41, 5.74) is -0.276. The molecule has 2 aromatic rings. The lowest BCUT2D eigenvalue weighted by molar-refractivity contribution is -0.137. The minimum atomic E-state index is -4.34. The number of alkyl halides is 3. The molecule has 19 heavy (non-hydrogen) atoms. The first-order chi connectivity index (χ1) is 8.86. The SMILES string of the molecule is FC(F)(F)c1ccc(Br)c(NCc2ccc(Cl)s2)c1. The Bertz CT molecular complexity index is 583. The van der Waals surface area contributed by atoms with Crippen LogP contribution in [0.4, 0.5) is 18.9 Å². The van der Waals surface area contributed by atoms with E-state index in [0.29, 0.717) is 21.0 Å². The van der Waals surface area contributed by atoms with Crippen molar-refractivity contribution in [3.63, 3.8) is 0 Å². The first-order valence-corrected chi connectivity index (χ1v) is 7.20. The van der Waals surface area contributed by atoms with Crippen LogP contribution in [0.3, 0.4) is 0 Å². The van der Waals surface area contributed by atoms with E-state index in [9.17, 15) is 13.2 Å². The van der Waals surface area contributed by atoms with Gasteiger partial charge in [0.25, 0.3) is 0 Å². The fraction of sp³-hybridized carbons (Fsp3) is 0.167. The van der Waals surface area contributed by atoms with Crippen LogP contribution in [0.2, 0.25) is 4.34 Å². The van der Waals surface area contributed by atoms with Crippen LogP contribution in [0.5, 0.6) is 0 Å². The molecule has 0 amide bonds. The number of nitrogens with one attached hydrogen (secondary N) is 1. The molecule has 0 fully saturated rings. The number of anilines is 1. The zero-order chi connectivity index (χ0) is 14.0. The highest BCUT2D eigenvalue weighted by Gasteiger charge is 2.30. The second kappa shape index (κ2) is 5.73. The van der Waals surface area contributed by atoms with Gasteiger partial charge in [-0.25, -0.2) is 0 Å². The van der Waals surface area contributed by atoms with Crippen molar-refractivity contribution in [2.75, 3.05) is 5.32 Å². The lowest BCUT2D eigenvalue weighted by Gasteiger charge is -2.12. The van der Waals surface area contributed by atoms with Crippen LogP contribution in [0.25, 0.3) is 0 Å². The topological polar surface area (TPSA) is 12.0 Å². The van der Waals surface area contributed by atoms with E-state index in [1.807, 2.05) is 6.07 Å². The highest BCUT2D eigenvalue weighted by atomic mass is 79.9. The summed E-state index contributed by atoms with van der Waals surface area (Å²) < 4.78 is 39.1. The van der Waals surface area contributed by atoms with Gasteiger partial charge in [-0.2, -0.15) is 13.2 Å². The van der Waals surface area contributed by atoms with Crippen molar-refractivity contribution >= 4 is 44.6 Å². The average molecular weight is 371 g/mol. The van der Waals surface area contributed by atoms with E-state index >= 15 is 0 Å². The minimum Gasteiger partial charge on any atom is -0.379 e. The molecule has 0 aliphatic carbocycles. The Balaban J connectivity index is 2.15. The van der Waals surface area contributed by atoms with E-state index in [4.69, 9.17) is 11.6 Å². The first kappa shape index (κ1) is 14.7. The number of rotatable bonds is 3. The van der Waals surface area contributed by atoms with Crippen molar-refractivity contribution in [3.8, 4) is 0 Å². The number of hydrogen-bond donors (Lipinski definition) is 1. The van der Waals surface area contributed by atoms with Crippen molar-refractivity contribution < 1.29 is 13.2 Å². The summed E-state index contributed by atoms with van der Waals surface area (Å²) in [6, 6.07) is 7.09. The largest absolute Gasteiger partial charge is 0.416 e. The third-order valence-corrected chi connectivity index (χ3v) is 4.30. The molecule has 0 radical (unpaired) electrons. The molecule has 0 spiro atoms. The molecule has 1 aromatic carbocycles. The second-order valence-electron chi connectivity index (χ2n) is 3.75. The van der Waals surface area contributed by atoms with Crippen LogP contribution in [-0.4, -0.2) is 0 Å². The molecule has 102 valence electrons. The van der Waals surface area contributed by atoms with Crippen LogP contribution < -0.4 is 5.32 Å². The van der Waals surface area contributed by atoms with Crippen LogP contribution in [0.1, 0.15) is 10.4 Å². The van der Waals surface area contributed by atoms with E-state index in [1.165, 1.54) is 17.4 Å². The molecule has 1 N–H and O–H groups in total. The summed E-state index contributed by atoms with van der Waals surface area (Å²) in [6.07, 6.45) is -4.34. The van der Waals surface area contributed by atoms with E-state index in [0.717, 1.165) is 17.0 Å². The normalized spacial score (nSPS) is 11.6. The number of thiophene rings is 1. The van der Waals surface area contributed by atoms with Gasteiger partial charge < -0.3 is 5.32 Å². The molecular formula is C12H8BrClF3NS. The fourth-order valence-corrected chi connectivity index (χ4v) is 2.88. The summed E-state index contributed by atoms with van der Waals surface area (Å²) in [5, 5.41) is 2.96. The van der Waals surface area contributed by atoms with Crippen molar-refractivity contribution in [2.45, 2.75) is 12.7 Å². The predicted octanol–water partition coefficient (Wildman–Crippen LogP) is 5.79. The molecule has 1 heterocycles. The van der Waals surface area contributed by atoms with Crippen LogP contribution in [-0.2, 0) is 12.7 Å². The van der Waals surface area contributed by atoms with Gasteiger partial charge in [0.05, 0.1) is 9.90 Å². The standard InChI is InChI=1S/C12H8BrClF3NS/c13-9-3-1-7(12(15,16)17)5-10(9)18-6-8-2-4-11(14)19-8/h1-5,18H,6H2. The summed E-state index contributed by atoms with van der Waals surface area (Å²) in [4.78, 5) is 0.953.